The first-order valence-corrected chi connectivity index (χ1v) is 6.92. The molecule has 112 valence electrons. The molecule has 1 aromatic carbocycles. The summed E-state index contributed by atoms with van der Waals surface area (Å²) >= 11 is 5.95. The molecule has 0 aliphatic carbocycles. The summed E-state index contributed by atoms with van der Waals surface area (Å²) in [4.78, 5) is 8.36. The van der Waals surface area contributed by atoms with Gasteiger partial charge in [-0.2, -0.15) is 0 Å². The lowest BCUT2D eigenvalue weighted by atomic mass is 10.1. The Bertz CT molecular complexity index is 636. The van der Waals surface area contributed by atoms with Gasteiger partial charge in [0.15, 0.2) is 5.82 Å². The summed E-state index contributed by atoms with van der Waals surface area (Å²) in [6, 6.07) is 6.68. The zero-order valence-corrected chi connectivity index (χ0v) is 12.9. The molecule has 0 spiro atoms. The van der Waals surface area contributed by atoms with Gasteiger partial charge in [-0.25, -0.2) is 14.4 Å². The lowest BCUT2D eigenvalue weighted by molar-refractivity contribution is 0.178. The van der Waals surface area contributed by atoms with Crippen molar-refractivity contribution in [2.75, 3.05) is 12.4 Å². The first-order valence-electron chi connectivity index (χ1n) is 6.54. The average Bonchev–Trinajstić information content (AvgIpc) is 2.41. The van der Waals surface area contributed by atoms with E-state index in [0.717, 1.165) is 5.56 Å². The van der Waals surface area contributed by atoms with Crippen molar-refractivity contribution < 1.29 is 9.13 Å². The van der Waals surface area contributed by atoms with Gasteiger partial charge in [0, 0.05) is 13.2 Å². The smallest absolute Gasteiger partial charge is 0.158 e. The highest BCUT2D eigenvalue weighted by atomic mass is 35.5. The quantitative estimate of drug-likeness (QED) is 0.851. The van der Waals surface area contributed by atoms with Crippen molar-refractivity contribution in [2.45, 2.75) is 26.5 Å². The summed E-state index contributed by atoms with van der Waals surface area (Å²) in [7, 11) is 1.56. The van der Waals surface area contributed by atoms with E-state index in [4.69, 9.17) is 16.3 Å². The van der Waals surface area contributed by atoms with Crippen LogP contribution in [0.25, 0.3) is 0 Å². The molecule has 0 bridgehead atoms. The first kappa shape index (κ1) is 15.7. The Balaban J connectivity index is 2.18. The molecule has 0 radical (unpaired) electrons. The summed E-state index contributed by atoms with van der Waals surface area (Å²) < 4.78 is 18.6. The molecule has 1 heterocycles. The molecular weight excluding hydrogens is 293 g/mol. The number of nitrogens with zero attached hydrogens (tertiary/aromatic N) is 2. The van der Waals surface area contributed by atoms with Gasteiger partial charge in [-0.15, -0.1) is 0 Å². The molecular formula is C15H17ClFN3O. The number of hydrogen-bond donors (Lipinski definition) is 1. The molecule has 0 saturated heterocycles. The predicted octanol–water partition coefficient (Wildman–Crippen LogP) is 3.90. The van der Waals surface area contributed by atoms with Crippen LogP contribution in [0.2, 0.25) is 5.15 Å². The van der Waals surface area contributed by atoms with Crippen LogP contribution in [0.5, 0.6) is 0 Å². The van der Waals surface area contributed by atoms with Gasteiger partial charge in [0.1, 0.15) is 23.4 Å². The van der Waals surface area contributed by atoms with Crippen molar-refractivity contribution >= 4 is 17.4 Å². The van der Waals surface area contributed by atoms with Gasteiger partial charge in [0.25, 0.3) is 0 Å². The topological polar surface area (TPSA) is 47.0 Å². The third kappa shape index (κ3) is 4.12. The summed E-state index contributed by atoms with van der Waals surface area (Å²) in [5.74, 6) is 0.854. The number of hydrogen-bond acceptors (Lipinski definition) is 4. The van der Waals surface area contributed by atoms with Crippen LogP contribution in [0.15, 0.2) is 24.3 Å². The Morgan fingerprint density at radius 2 is 2.10 bits per heavy atom. The van der Waals surface area contributed by atoms with E-state index in [1.165, 1.54) is 6.07 Å². The van der Waals surface area contributed by atoms with Gasteiger partial charge in [-0.1, -0.05) is 23.7 Å². The number of rotatable bonds is 5. The molecule has 1 N–H and O–H groups in total. The second kappa shape index (κ2) is 6.83. The number of aromatic nitrogens is 2. The van der Waals surface area contributed by atoms with Gasteiger partial charge in [0.05, 0.1) is 6.04 Å². The fourth-order valence-electron chi connectivity index (χ4n) is 1.92. The molecule has 2 rings (SSSR count). The zero-order valence-electron chi connectivity index (χ0n) is 12.2. The van der Waals surface area contributed by atoms with Crippen LogP contribution >= 0.6 is 11.6 Å². The predicted molar refractivity (Wildman–Crippen MR) is 80.9 cm³/mol. The molecule has 1 atom stereocenters. The molecule has 21 heavy (non-hydrogen) atoms. The lowest BCUT2D eigenvalue weighted by Gasteiger charge is -2.16. The second-order valence-corrected chi connectivity index (χ2v) is 5.19. The third-order valence-corrected chi connectivity index (χ3v) is 3.27. The molecule has 0 saturated carbocycles. The van der Waals surface area contributed by atoms with Crippen LogP contribution in [-0.2, 0) is 11.3 Å². The third-order valence-electron chi connectivity index (χ3n) is 3.07. The second-order valence-electron chi connectivity index (χ2n) is 4.80. The SMILES string of the molecule is COCc1nc(Cl)cc(NC(C)c2ccc(C)c(F)c2)n1. The van der Waals surface area contributed by atoms with Gasteiger partial charge >= 0.3 is 0 Å². The van der Waals surface area contributed by atoms with E-state index in [1.54, 1.807) is 26.2 Å². The Hall–Kier alpha value is -1.72. The van der Waals surface area contributed by atoms with Crippen LogP contribution in [0.3, 0.4) is 0 Å². The maximum absolute atomic E-state index is 13.6. The number of nitrogens with one attached hydrogen (secondary N) is 1. The Morgan fingerprint density at radius 1 is 1.33 bits per heavy atom. The largest absolute Gasteiger partial charge is 0.377 e. The van der Waals surface area contributed by atoms with Crippen molar-refractivity contribution in [2.24, 2.45) is 0 Å². The van der Waals surface area contributed by atoms with Crippen LogP contribution in [0, 0.1) is 12.7 Å². The monoisotopic (exact) mass is 309 g/mol. The van der Waals surface area contributed by atoms with Gasteiger partial charge in [-0.05, 0) is 31.0 Å². The van der Waals surface area contributed by atoms with Crippen LogP contribution < -0.4 is 5.32 Å². The summed E-state index contributed by atoms with van der Waals surface area (Å²) in [6.07, 6.45) is 0. The number of halogens is 2. The van der Waals surface area contributed by atoms with E-state index in [0.29, 0.717) is 22.4 Å². The van der Waals surface area contributed by atoms with E-state index in [2.05, 4.69) is 15.3 Å². The Kier molecular flexibility index (Phi) is 5.09. The van der Waals surface area contributed by atoms with E-state index >= 15 is 0 Å². The fourth-order valence-corrected chi connectivity index (χ4v) is 2.12. The summed E-state index contributed by atoms with van der Waals surface area (Å²) in [6.45, 7) is 3.94. The number of aryl methyl sites for hydroxylation is 1. The van der Waals surface area contributed by atoms with E-state index < -0.39 is 0 Å². The minimum Gasteiger partial charge on any atom is -0.377 e. The number of benzene rings is 1. The molecule has 6 heteroatoms. The first-order chi connectivity index (χ1) is 9.99. The van der Waals surface area contributed by atoms with Crippen molar-refractivity contribution in [1.29, 1.82) is 0 Å². The number of ether oxygens (including phenoxy) is 1. The molecule has 0 aliphatic heterocycles. The van der Waals surface area contributed by atoms with Crippen LogP contribution in [0.4, 0.5) is 10.2 Å². The molecule has 0 amide bonds. The van der Waals surface area contributed by atoms with E-state index in [-0.39, 0.29) is 18.5 Å². The lowest BCUT2D eigenvalue weighted by Crippen LogP contribution is -2.10. The van der Waals surface area contributed by atoms with Gasteiger partial charge in [-0.3, -0.25) is 0 Å². The Morgan fingerprint density at radius 3 is 2.76 bits per heavy atom. The van der Waals surface area contributed by atoms with Crippen molar-refractivity contribution in [3.8, 4) is 0 Å². The molecule has 0 fully saturated rings. The van der Waals surface area contributed by atoms with Crippen LogP contribution in [-0.4, -0.2) is 17.1 Å². The number of anilines is 1. The van der Waals surface area contributed by atoms with Crippen molar-refractivity contribution in [3.63, 3.8) is 0 Å². The Labute approximate surface area is 128 Å². The normalized spacial score (nSPS) is 12.2. The fraction of sp³-hybridized carbons (Fsp3) is 0.333. The molecule has 4 nitrogen and oxygen atoms in total. The van der Waals surface area contributed by atoms with Gasteiger partial charge in [0.2, 0.25) is 0 Å². The van der Waals surface area contributed by atoms with Crippen molar-refractivity contribution in [3.05, 3.63) is 52.2 Å². The highest BCUT2D eigenvalue weighted by molar-refractivity contribution is 6.29. The molecule has 2 aromatic rings. The highest BCUT2D eigenvalue weighted by Gasteiger charge is 2.10. The summed E-state index contributed by atoms with van der Waals surface area (Å²) in [5, 5.41) is 3.52. The average molecular weight is 310 g/mol. The molecule has 1 aromatic heterocycles. The highest BCUT2D eigenvalue weighted by Crippen LogP contribution is 2.21. The number of methoxy groups -OCH3 is 1. The minimum absolute atomic E-state index is 0.110. The minimum atomic E-state index is -0.220. The standard InChI is InChI=1S/C15H17ClFN3O/c1-9-4-5-11(6-12(9)17)10(2)18-14-7-13(16)19-15(20-14)8-21-3/h4-7,10H,8H2,1-3H3,(H,18,19,20). The molecule has 0 aliphatic rings. The maximum Gasteiger partial charge on any atom is 0.158 e. The van der Waals surface area contributed by atoms with E-state index in [9.17, 15) is 4.39 Å². The maximum atomic E-state index is 13.6. The molecule has 1 unspecified atom stereocenters. The van der Waals surface area contributed by atoms with Crippen LogP contribution in [0.1, 0.15) is 29.9 Å². The van der Waals surface area contributed by atoms with E-state index in [1.807, 2.05) is 13.0 Å². The summed E-state index contributed by atoms with van der Waals surface area (Å²) in [5.41, 5.74) is 1.46. The van der Waals surface area contributed by atoms with Gasteiger partial charge < -0.3 is 10.1 Å². The zero-order chi connectivity index (χ0) is 15.4. The van der Waals surface area contributed by atoms with Crippen molar-refractivity contribution in [1.82, 2.24) is 9.97 Å².